The van der Waals surface area contributed by atoms with Crippen LogP contribution in [0.3, 0.4) is 0 Å². The van der Waals surface area contributed by atoms with Crippen LogP contribution in [0.25, 0.3) is 0 Å². The molecule has 2 aromatic rings. The van der Waals surface area contributed by atoms with Gasteiger partial charge in [-0.05, 0) is 49.4 Å². The minimum absolute atomic E-state index is 0.353. The Morgan fingerprint density at radius 3 is 1.95 bits per heavy atom. The fourth-order valence-electron chi connectivity index (χ4n) is 3.41. The van der Waals surface area contributed by atoms with Gasteiger partial charge < -0.3 is 9.08 Å². The van der Waals surface area contributed by atoms with Gasteiger partial charge in [-0.25, -0.2) is 25.3 Å². The van der Waals surface area contributed by atoms with Crippen LogP contribution in [0.5, 0.6) is 5.75 Å². The molecule has 0 unspecified atom stereocenters. The molecular formula is C22H22F3NO9S4. The van der Waals surface area contributed by atoms with Crippen LogP contribution in [0.15, 0.2) is 74.3 Å². The Morgan fingerprint density at radius 2 is 1.44 bits per heavy atom. The van der Waals surface area contributed by atoms with E-state index in [1.807, 2.05) is 0 Å². The smallest absolute Gasteiger partial charge is 0.377 e. The Bertz CT molecular complexity index is 1790. The highest BCUT2D eigenvalue weighted by molar-refractivity contribution is 7.95. The Morgan fingerprint density at radius 1 is 0.872 bits per heavy atom. The molecule has 17 heteroatoms. The molecule has 3 rings (SSSR count). The van der Waals surface area contributed by atoms with E-state index in [1.165, 1.54) is 31.2 Å². The van der Waals surface area contributed by atoms with Gasteiger partial charge in [-0.2, -0.15) is 21.6 Å². The molecule has 0 saturated heterocycles. The molecule has 0 fully saturated rings. The van der Waals surface area contributed by atoms with Gasteiger partial charge in [0.1, 0.15) is 9.92 Å². The van der Waals surface area contributed by atoms with Crippen LogP contribution < -0.4 is 9.08 Å². The van der Waals surface area contributed by atoms with Gasteiger partial charge in [0, 0.05) is 6.26 Å². The number of anilines is 1. The van der Waals surface area contributed by atoms with Crippen molar-refractivity contribution >= 4 is 45.3 Å². The van der Waals surface area contributed by atoms with E-state index in [1.54, 1.807) is 6.92 Å². The number of hydrogen-bond donors (Lipinski definition) is 0. The van der Waals surface area contributed by atoms with Crippen molar-refractivity contribution in [3.63, 3.8) is 0 Å². The Kier molecular flexibility index (Phi) is 8.06. The van der Waals surface area contributed by atoms with Gasteiger partial charge in [-0.3, -0.25) is 0 Å². The number of nitrogens with zero attached hydrogens (tertiary/aromatic N) is 1. The second kappa shape index (κ2) is 10.3. The maximum atomic E-state index is 13.3. The molecule has 1 aliphatic heterocycles. The average Bonchev–Trinajstić information content (AvgIpc) is 2.82. The maximum absolute atomic E-state index is 13.3. The third-order valence-electron chi connectivity index (χ3n) is 5.50. The first-order chi connectivity index (χ1) is 17.7. The molecule has 1 heterocycles. The lowest BCUT2D eigenvalue weighted by Gasteiger charge is -2.31. The van der Waals surface area contributed by atoms with Gasteiger partial charge in [0.25, 0.3) is 9.84 Å². The van der Waals surface area contributed by atoms with Gasteiger partial charge >= 0.3 is 15.6 Å². The van der Waals surface area contributed by atoms with Gasteiger partial charge in [-0.1, -0.05) is 24.6 Å². The summed E-state index contributed by atoms with van der Waals surface area (Å²) in [7, 11) is -18.8. The number of halogens is 3. The minimum atomic E-state index is -5.99. The molecule has 1 aliphatic rings. The van der Waals surface area contributed by atoms with Crippen molar-refractivity contribution in [2.75, 3.05) is 23.5 Å². The molecule has 0 spiro atoms. The minimum Gasteiger partial charge on any atom is -0.377 e. The molecule has 0 amide bonds. The second-order valence-electron chi connectivity index (χ2n) is 8.33. The lowest BCUT2D eigenvalue weighted by molar-refractivity contribution is -0.0436. The highest BCUT2D eigenvalue weighted by Crippen LogP contribution is 2.41. The summed E-state index contributed by atoms with van der Waals surface area (Å²) >= 11 is 0. The molecule has 214 valence electrons. The summed E-state index contributed by atoms with van der Waals surface area (Å²) in [5, 5.41) is -0.642. The molecule has 0 bridgehead atoms. The van der Waals surface area contributed by atoms with E-state index >= 15 is 0 Å². The lowest BCUT2D eigenvalue weighted by atomic mass is 10.2. The number of benzene rings is 2. The van der Waals surface area contributed by atoms with Crippen molar-refractivity contribution in [1.29, 1.82) is 0 Å². The van der Waals surface area contributed by atoms with Crippen LogP contribution in [0.2, 0.25) is 0 Å². The summed E-state index contributed by atoms with van der Waals surface area (Å²) in [6, 6.07) is 6.69. The number of sulfone groups is 3. The summed E-state index contributed by atoms with van der Waals surface area (Å²) < 4.78 is 145. The predicted molar refractivity (Wildman–Crippen MR) is 136 cm³/mol. The number of hydrogen-bond acceptors (Lipinski definition) is 10. The van der Waals surface area contributed by atoms with Crippen LogP contribution >= 0.6 is 0 Å². The highest BCUT2D eigenvalue weighted by atomic mass is 32.2. The van der Waals surface area contributed by atoms with Gasteiger partial charge in [0.15, 0.2) is 25.4 Å². The Balaban J connectivity index is 2.31. The van der Waals surface area contributed by atoms with Crippen molar-refractivity contribution in [2.24, 2.45) is 0 Å². The molecule has 0 atom stereocenters. The zero-order valence-electron chi connectivity index (χ0n) is 20.5. The Hall–Kier alpha value is -2.89. The van der Waals surface area contributed by atoms with E-state index in [4.69, 9.17) is 4.18 Å². The number of allylic oxidation sites excluding steroid dienone is 2. The number of aryl methyl sites for hydroxylation is 1. The molecule has 0 aromatic heterocycles. The molecule has 10 nitrogen and oxygen atoms in total. The van der Waals surface area contributed by atoms with Crippen molar-refractivity contribution in [3.8, 4) is 5.75 Å². The van der Waals surface area contributed by atoms with E-state index in [9.17, 15) is 46.8 Å². The van der Waals surface area contributed by atoms with Crippen LogP contribution in [0, 0.1) is 6.92 Å². The summed E-state index contributed by atoms with van der Waals surface area (Å²) in [6.45, 7) is 2.21. The van der Waals surface area contributed by atoms with Gasteiger partial charge in [-0.15, -0.1) is 0 Å². The van der Waals surface area contributed by atoms with E-state index < -0.39 is 78.8 Å². The van der Waals surface area contributed by atoms with Crippen LogP contribution in [-0.4, -0.2) is 57.7 Å². The molecule has 0 saturated carbocycles. The average molecular weight is 630 g/mol. The summed E-state index contributed by atoms with van der Waals surface area (Å²) in [5.41, 5.74) is -5.80. The summed E-state index contributed by atoms with van der Waals surface area (Å²) in [4.78, 5) is -1.40. The first-order valence-corrected chi connectivity index (χ1v) is 17.2. The third-order valence-corrected chi connectivity index (χ3v) is 11.2. The first kappa shape index (κ1) is 30.6. The monoisotopic (exact) mass is 629 g/mol. The molecule has 0 N–H and O–H groups in total. The van der Waals surface area contributed by atoms with Crippen molar-refractivity contribution in [2.45, 2.75) is 29.1 Å². The highest BCUT2D eigenvalue weighted by Gasteiger charge is 2.47. The largest absolute Gasteiger partial charge is 0.501 e. The van der Waals surface area contributed by atoms with Crippen molar-refractivity contribution in [1.82, 2.24) is 0 Å². The normalized spacial score (nSPS) is 15.5. The van der Waals surface area contributed by atoms with E-state index in [2.05, 4.69) is 0 Å². The molecule has 0 radical (unpaired) electrons. The van der Waals surface area contributed by atoms with Gasteiger partial charge in [0.2, 0.25) is 0 Å². The van der Waals surface area contributed by atoms with Gasteiger partial charge in [0.05, 0.1) is 27.8 Å². The topological polar surface area (TPSA) is 149 Å². The van der Waals surface area contributed by atoms with E-state index in [0.29, 0.717) is 28.7 Å². The van der Waals surface area contributed by atoms with Crippen LogP contribution in [-0.2, 0) is 39.6 Å². The molecule has 0 aliphatic carbocycles. The maximum Gasteiger partial charge on any atom is 0.501 e. The lowest BCUT2D eigenvalue weighted by Crippen LogP contribution is -2.34. The molecular weight excluding hydrogens is 608 g/mol. The zero-order chi connectivity index (χ0) is 29.6. The van der Waals surface area contributed by atoms with Crippen molar-refractivity contribution in [3.05, 3.63) is 70.1 Å². The standard InChI is InChI=1S/C22H22F3NO9S4/c1-4-37(29,30)18-10-12-21(36(3,27)28)26(14-18)19-13-17(38(31,32)22(23,24)25)9-11-20(19)35-39(33,34)16-7-5-15(2)6-8-16/h5-13H,4,14H2,1-3H3. The number of rotatable bonds is 8. The summed E-state index contributed by atoms with van der Waals surface area (Å²) in [5.74, 6) is -1.16. The first-order valence-electron chi connectivity index (χ1n) is 10.8. The second-order valence-corrected chi connectivity index (χ2v) is 16.1. The fraction of sp³-hybridized carbons (Fsp3) is 0.273. The van der Waals surface area contributed by atoms with Crippen LogP contribution in [0.4, 0.5) is 18.9 Å². The molecule has 2 aromatic carbocycles. The van der Waals surface area contributed by atoms with Crippen LogP contribution in [0.1, 0.15) is 12.5 Å². The predicted octanol–water partition coefficient (Wildman–Crippen LogP) is 3.08. The van der Waals surface area contributed by atoms with E-state index in [-0.39, 0.29) is 9.80 Å². The zero-order valence-corrected chi connectivity index (χ0v) is 23.8. The van der Waals surface area contributed by atoms with Crippen molar-refractivity contribution < 1.29 is 51.0 Å². The SMILES string of the molecule is CCS(=O)(=O)C1=CC=C(S(C)(=O)=O)N(c2cc(S(=O)(=O)C(F)(F)F)ccc2OS(=O)(=O)c2ccc(C)cc2)C1. The summed E-state index contributed by atoms with van der Waals surface area (Å²) in [6.07, 6.45) is 2.58. The third kappa shape index (κ3) is 6.31. The Labute approximate surface area is 224 Å². The van der Waals surface area contributed by atoms with E-state index in [0.717, 1.165) is 18.4 Å². The quantitative estimate of drug-likeness (QED) is 0.399. The number of alkyl halides is 3. The fourth-order valence-corrected chi connectivity index (χ4v) is 6.98. The molecule has 39 heavy (non-hydrogen) atoms.